The van der Waals surface area contributed by atoms with Crippen LogP contribution in [0.5, 0.6) is 0 Å². The molecule has 0 unspecified atom stereocenters. The highest BCUT2D eigenvalue weighted by atomic mass is 19.1. The lowest BCUT2D eigenvalue weighted by Gasteiger charge is -2.37. The summed E-state index contributed by atoms with van der Waals surface area (Å²) in [6.07, 6.45) is 0. The van der Waals surface area contributed by atoms with Gasteiger partial charge in [-0.15, -0.1) is 0 Å². The van der Waals surface area contributed by atoms with Crippen LogP contribution in [-0.4, -0.2) is 43.0 Å². The summed E-state index contributed by atoms with van der Waals surface area (Å²) >= 11 is 0. The molecule has 18 heavy (non-hydrogen) atoms. The number of rotatable bonds is 5. The zero-order chi connectivity index (χ0) is 13.0. The highest BCUT2D eigenvalue weighted by molar-refractivity contribution is 5.92. The average Bonchev–Trinajstić information content (AvgIpc) is 2.29. The lowest BCUT2D eigenvalue weighted by molar-refractivity contribution is -0.118. The maximum atomic E-state index is 13.4. The van der Waals surface area contributed by atoms with Crippen LogP contribution < -0.4 is 10.6 Å². The molecular formula is C13H18FN3O. The molecule has 1 heterocycles. The van der Waals surface area contributed by atoms with Gasteiger partial charge < -0.3 is 10.6 Å². The Balaban J connectivity index is 1.89. The standard InChI is InChI=1S/C13H18FN3O/c1-2-17(10-7-15-8-10)9-13(18)16-12-6-4-3-5-11(12)14/h3-6,10,15H,2,7-9H2,1H3,(H,16,18). The number of hydrogen-bond acceptors (Lipinski definition) is 3. The minimum atomic E-state index is -0.404. The molecule has 0 bridgehead atoms. The highest BCUT2D eigenvalue weighted by Gasteiger charge is 2.24. The Bertz CT molecular complexity index is 420. The molecule has 1 amide bonds. The third-order valence-corrected chi connectivity index (χ3v) is 3.18. The van der Waals surface area contributed by atoms with Crippen molar-refractivity contribution in [2.75, 3.05) is 31.5 Å². The Kier molecular flexibility index (Phi) is 4.28. The zero-order valence-electron chi connectivity index (χ0n) is 10.4. The average molecular weight is 251 g/mol. The second-order valence-electron chi connectivity index (χ2n) is 4.40. The molecule has 1 aliphatic heterocycles. The van der Waals surface area contributed by atoms with Gasteiger partial charge >= 0.3 is 0 Å². The molecule has 98 valence electrons. The van der Waals surface area contributed by atoms with E-state index < -0.39 is 5.82 Å². The van der Waals surface area contributed by atoms with E-state index in [1.54, 1.807) is 18.2 Å². The first-order chi connectivity index (χ1) is 8.70. The number of para-hydroxylation sites is 1. The van der Waals surface area contributed by atoms with Gasteiger partial charge in [-0.05, 0) is 18.7 Å². The summed E-state index contributed by atoms with van der Waals surface area (Å²) in [7, 11) is 0. The van der Waals surface area contributed by atoms with E-state index in [0.29, 0.717) is 12.6 Å². The summed E-state index contributed by atoms with van der Waals surface area (Å²) in [6.45, 7) is 4.98. The van der Waals surface area contributed by atoms with Gasteiger partial charge in [0.25, 0.3) is 0 Å². The lowest BCUT2D eigenvalue weighted by atomic mass is 10.1. The molecule has 1 aromatic rings. The molecule has 2 rings (SSSR count). The molecule has 1 aliphatic rings. The second kappa shape index (κ2) is 5.93. The van der Waals surface area contributed by atoms with Crippen LogP contribution in [0.15, 0.2) is 24.3 Å². The largest absolute Gasteiger partial charge is 0.322 e. The molecule has 0 saturated carbocycles. The van der Waals surface area contributed by atoms with Crippen LogP contribution in [0.4, 0.5) is 10.1 Å². The van der Waals surface area contributed by atoms with Crippen molar-refractivity contribution in [2.24, 2.45) is 0 Å². The van der Waals surface area contributed by atoms with Crippen molar-refractivity contribution in [1.82, 2.24) is 10.2 Å². The molecule has 4 nitrogen and oxygen atoms in total. The zero-order valence-corrected chi connectivity index (χ0v) is 10.4. The van der Waals surface area contributed by atoms with E-state index in [1.807, 2.05) is 6.92 Å². The smallest absolute Gasteiger partial charge is 0.238 e. The van der Waals surface area contributed by atoms with Gasteiger partial charge in [-0.25, -0.2) is 4.39 Å². The van der Waals surface area contributed by atoms with E-state index in [0.717, 1.165) is 19.6 Å². The van der Waals surface area contributed by atoms with Crippen molar-refractivity contribution in [3.05, 3.63) is 30.1 Å². The molecule has 2 N–H and O–H groups in total. The van der Waals surface area contributed by atoms with E-state index in [-0.39, 0.29) is 11.6 Å². The van der Waals surface area contributed by atoms with Crippen LogP contribution in [0.1, 0.15) is 6.92 Å². The van der Waals surface area contributed by atoms with Crippen LogP contribution in [0.2, 0.25) is 0 Å². The number of nitrogens with zero attached hydrogens (tertiary/aromatic N) is 1. The molecule has 0 spiro atoms. The Morgan fingerprint density at radius 1 is 1.50 bits per heavy atom. The first-order valence-corrected chi connectivity index (χ1v) is 6.20. The van der Waals surface area contributed by atoms with Crippen molar-refractivity contribution >= 4 is 11.6 Å². The molecule has 1 fully saturated rings. The quantitative estimate of drug-likeness (QED) is 0.822. The summed E-state index contributed by atoms with van der Waals surface area (Å²) in [5.41, 5.74) is 0.241. The summed E-state index contributed by atoms with van der Waals surface area (Å²) < 4.78 is 13.4. The van der Waals surface area contributed by atoms with Crippen molar-refractivity contribution in [3.63, 3.8) is 0 Å². The van der Waals surface area contributed by atoms with Crippen molar-refractivity contribution in [3.8, 4) is 0 Å². The summed E-state index contributed by atoms with van der Waals surface area (Å²) in [5, 5.41) is 5.78. The Morgan fingerprint density at radius 3 is 2.78 bits per heavy atom. The molecule has 0 aliphatic carbocycles. The Hall–Kier alpha value is -1.46. The summed E-state index contributed by atoms with van der Waals surface area (Å²) in [6, 6.07) is 6.62. The van der Waals surface area contributed by atoms with Crippen LogP contribution in [-0.2, 0) is 4.79 Å². The third kappa shape index (κ3) is 3.05. The summed E-state index contributed by atoms with van der Waals surface area (Å²) in [4.78, 5) is 13.9. The number of halogens is 1. The first-order valence-electron chi connectivity index (χ1n) is 6.20. The number of benzene rings is 1. The molecule has 0 aromatic heterocycles. The molecular weight excluding hydrogens is 233 g/mol. The topological polar surface area (TPSA) is 44.4 Å². The molecule has 0 radical (unpaired) electrons. The van der Waals surface area contributed by atoms with Crippen LogP contribution in [0.25, 0.3) is 0 Å². The van der Waals surface area contributed by atoms with E-state index in [1.165, 1.54) is 6.07 Å². The minimum Gasteiger partial charge on any atom is -0.322 e. The minimum absolute atomic E-state index is 0.172. The van der Waals surface area contributed by atoms with E-state index in [2.05, 4.69) is 15.5 Å². The lowest BCUT2D eigenvalue weighted by Crippen LogP contribution is -2.58. The number of likely N-dealkylation sites (N-methyl/N-ethyl adjacent to an activating group) is 1. The van der Waals surface area contributed by atoms with Crippen LogP contribution >= 0.6 is 0 Å². The van der Waals surface area contributed by atoms with Gasteiger partial charge in [0, 0.05) is 19.1 Å². The fraction of sp³-hybridized carbons (Fsp3) is 0.462. The Labute approximate surface area is 106 Å². The fourth-order valence-corrected chi connectivity index (χ4v) is 1.97. The van der Waals surface area contributed by atoms with Gasteiger partial charge in [0.2, 0.25) is 5.91 Å². The predicted octanol–water partition coefficient (Wildman–Crippen LogP) is 1.06. The van der Waals surface area contributed by atoms with Crippen molar-refractivity contribution in [1.29, 1.82) is 0 Å². The van der Waals surface area contributed by atoms with Crippen LogP contribution in [0, 0.1) is 5.82 Å². The number of carbonyl (C=O) groups is 1. The van der Waals surface area contributed by atoms with Gasteiger partial charge in [0.1, 0.15) is 5.82 Å². The highest BCUT2D eigenvalue weighted by Crippen LogP contribution is 2.12. The van der Waals surface area contributed by atoms with E-state index in [9.17, 15) is 9.18 Å². The van der Waals surface area contributed by atoms with Gasteiger partial charge in [-0.1, -0.05) is 19.1 Å². The monoisotopic (exact) mass is 251 g/mol. The number of carbonyl (C=O) groups excluding carboxylic acids is 1. The van der Waals surface area contributed by atoms with Gasteiger partial charge in [0.05, 0.1) is 12.2 Å². The fourth-order valence-electron chi connectivity index (χ4n) is 1.97. The van der Waals surface area contributed by atoms with Crippen molar-refractivity contribution < 1.29 is 9.18 Å². The summed E-state index contributed by atoms with van der Waals surface area (Å²) in [5.74, 6) is -0.576. The SMILES string of the molecule is CCN(CC(=O)Nc1ccccc1F)C1CNC1. The molecule has 5 heteroatoms. The van der Waals surface area contributed by atoms with E-state index in [4.69, 9.17) is 0 Å². The van der Waals surface area contributed by atoms with Gasteiger partial charge in [-0.2, -0.15) is 0 Å². The predicted molar refractivity (Wildman–Crippen MR) is 68.9 cm³/mol. The third-order valence-electron chi connectivity index (χ3n) is 3.18. The normalized spacial score (nSPS) is 15.5. The number of anilines is 1. The maximum absolute atomic E-state index is 13.4. The Morgan fingerprint density at radius 2 is 2.22 bits per heavy atom. The first kappa shape index (κ1) is 13.0. The van der Waals surface area contributed by atoms with Gasteiger partial charge in [-0.3, -0.25) is 9.69 Å². The number of hydrogen-bond donors (Lipinski definition) is 2. The number of amides is 1. The molecule has 1 aromatic carbocycles. The van der Waals surface area contributed by atoms with E-state index >= 15 is 0 Å². The van der Waals surface area contributed by atoms with Crippen molar-refractivity contribution in [2.45, 2.75) is 13.0 Å². The second-order valence-corrected chi connectivity index (χ2v) is 4.40. The molecule has 0 atom stereocenters. The number of nitrogens with one attached hydrogen (secondary N) is 2. The molecule has 1 saturated heterocycles. The maximum Gasteiger partial charge on any atom is 0.238 e. The van der Waals surface area contributed by atoms with Crippen LogP contribution in [0.3, 0.4) is 0 Å². The van der Waals surface area contributed by atoms with Gasteiger partial charge in [0.15, 0.2) is 0 Å².